The number of nitrogens with one attached hydrogen (secondary N) is 2. The summed E-state index contributed by atoms with van der Waals surface area (Å²) in [6.07, 6.45) is 1.87. The molecule has 1 unspecified atom stereocenters. The second kappa shape index (κ2) is 4.77. The first kappa shape index (κ1) is 12.6. The van der Waals surface area contributed by atoms with Crippen LogP contribution in [0.1, 0.15) is 34.7 Å². The van der Waals surface area contributed by atoms with E-state index in [4.69, 9.17) is 0 Å². The Morgan fingerprint density at radius 1 is 1.61 bits per heavy atom. The molecule has 7 heteroatoms. The van der Waals surface area contributed by atoms with Crippen LogP contribution in [-0.4, -0.2) is 20.7 Å². The van der Waals surface area contributed by atoms with E-state index in [9.17, 15) is 9.59 Å². The Bertz CT molecular complexity index is 625. The fourth-order valence-corrected chi connectivity index (χ4v) is 2.35. The van der Waals surface area contributed by atoms with Crippen LogP contribution in [0, 0.1) is 6.92 Å². The zero-order chi connectivity index (χ0) is 13.3. The summed E-state index contributed by atoms with van der Waals surface area (Å²) < 4.78 is 1.71. The molecule has 0 aliphatic heterocycles. The average molecular weight is 266 g/mol. The zero-order valence-electron chi connectivity index (χ0n) is 10.4. The van der Waals surface area contributed by atoms with Gasteiger partial charge in [0.25, 0.3) is 5.91 Å². The highest BCUT2D eigenvalue weighted by Gasteiger charge is 2.16. The minimum atomic E-state index is -0.288. The summed E-state index contributed by atoms with van der Waals surface area (Å²) in [6.45, 7) is 3.77. The summed E-state index contributed by atoms with van der Waals surface area (Å²) in [5, 5.41) is 8.56. The van der Waals surface area contributed by atoms with E-state index in [0.29, 0.717) is 5.69 Å². The van der Waals surface area contributed by atoms with Crippen molar-refractivity contribution in [2.75, 3.05) is 0 Å². The van der Waals surface area contributed by atoms with Gasteiger partial charge < -0.3 is 10.3 Å². The van der Waals surface area contributed by atoms with Gasteiger partial charge in [-0.15, -0.1) is 0 Å². The first-order chi connectivity index (χ1) is 8.47. The van der Waals surface area contributed by atoms with Gasteiger partial charge in [-0.1, -0.05) is 11.3 Å². The largest absolute Gasteiger partial charge is 0.344 e. The van der Waals surface area contributed by atoms with Crippen LogP contribution in [0.2, 0.25) is 0 Å². The number of carbonyl (C=O) groups excluding carboxylic acids is 1. The van der Waals surface area contributed by atoms with E-state index in [1.54, 1.807) is 4.68 Å². The Hall–Kier alpha value is -1.89. The van der Waals surface area contributed by atoms with Crippen molar-refractivity contribution in [2.45, 2.75) is 19.9 Å². The van der Waals surface area contributed by atoms with Gasteiger partial charge in [0.2, 0.25) is 0 Å². The Balaban J connectivity index is 2.12. The van der Waals surface area contributed by atoms with Gasteiger partial charge in [-0.05, 0) is 13.8 Å². The van der Waals surface area contributed by atoms with Crippen molar-refractivity contribution in [2.24, 2.45) is 7.05 Å². The number of nitrogens with zero attached hydrogens (tertiary/aromatic N) is 2. The smallest absolute Gasteiger partial charge is 0.305 e. The molecule has 1 atom stereocenters. The molecule has 0 spiro atoms. The van der Waals surface area contributed by atoms with Crippen LogP contribution in [0.3, 0.4) is 0 Å². The van der Waals surface area contributed by atoms with Crippen molar-refractivity contribution in [3.63, 3.8) is 0 Å². The summed E-state index contributed by atoms with van der Waals surface area (Å²) >= 11 is 0.974. The zero-order valence-corrected chi connectivity index (χ0v) is 11.2. The van der Waals surface area contributed by atoms with Crippen molar-refractivity contribution in [3.05, 3.63) is 38.2 Å². The number of thiazole rings is 1. The molecular formula is C11H14N4O2S. The highest BCUT2D eigenvalue weighted by Crippen LogP contribution is 2.15. The molecule has 18 heavy (non-hydrogen) atoms. The van der Waals surface area contributed by atoms with E-state index < -0.39 is 0 Å². The molecule has 0 aliphatic rings. The molecule has 1 amide bonds. The summed E-state index contributed by atoms with van der Waals surface area (Å²) in [5.41, 5.74) is 2.13. The third-order valence-corrected chi connectivity index (χ3v) is 3.30. The molecule has 0 saturated carbocycles. The predicted molar refractivity (Wildman–Crippen MR) is 68.8 cm³/mol. The molecule has 0 bridgehead atoms. The standard InChI is InChI=1S/C11H14N4O2S/c1-6(8-4-15(3)14-7(8)2)12-10(16)9-5-18-11(17)13-9/h4-6H,1-3H3,(H,12,16)(H,13,17). The van der Waals surface area contributed by atoms with Crippen molar-refractivity contribution >= 4 is 17.2 Å². The minimum absolute atomic E-state index is 0.158. The molecule has 2 rings (SSSR count). The maximum absolute atomic E-state index is 11.9. The first-order valence-electron chi connectivity index (χ1n) is 5.46. The number of carbonyl (C=O) groups is 1. The molecule has 2 aromatic heterocycles. The highest BCUT2D eigenvalue weighted by molar-refractivity contribution is 7.07. The lowest BCUT2D eigenvalue weighted by Crippen LogP contribution is -2.27. The number of hydrogen-bond donors (Lipinski definition) is 2. The third-order valence-electron chi connectivity index (χ3n) is 2.63. The van der Waals surface area contributed by atoms with Crippen molar-refractivity contribution < 1.29 is 4.79 Å². The number of aromatic nitrogens is 3. The average Bonchev–Trinajstić information content (AvgIpc) is 2.84. The number of rotatable bonds is 3. The van der Waals surface area contributed by atoms with Gasteiger partial charge >= 0.3 is 4.87 Å². The SMILES string of the molecule is Cc1nn(C)cc1C(C)NC(=O)c1csc(=O)[nH]1. The molecular weight excluding hydrogens is 252 g/mol. The topological polar surface area (TPSA) is 79.8 Å². The molecule has 0 fully saturated rings. The van der Waals surface area contributed by atoms with Crippen molar-refractivity contribution in [1.29, 1.82) is 0 Å². The normalized spacial score (nSPS) is 12.4. The molecule has 2 aromatic rings. The minimum Gasteiger partial charge on any atom is -0.344 e. The summed E-state index contributed by atoms with van der Waals surface area (Å²) in [6, 6.07) is -0.158. The van der Waals surface area contributed by atoms with E-state index >= 15 is 0 Å². The first-order valence-corrected chi connectivity index (χ1v) is 6.34. The molecule has 6 nitrogen and oxygen atoms in total. The third kappa shape index (κ3) is 2.51. The van der Waals surface area contributed by atoms with Crippen molar-refractivity contribution in [1.82, 2.24) is 20.1 Å². The van der Waals surface area contributed by atoms with E-state index in [1.165, 1.54) is 5.38 Å². The van der Waals surface area contributed by atoms with Crippen molar-refractivity contribution in [3.8, 4) is 0 Å². The lowest BCUT2D eigenvalue weighted by Gasteiger charge is -2.12. The lowest BCUT2D eigenvalue weighted by atomic mass is 10.1. The van der Waals surface area contributed by atoms with Crippen LogP contribution in [0.25, 0.3) is 0 Å². The molecule has 96 valence electrons. The van der Waals surface area contributed by atoms with Gasteiger partial charge in [0.05, 0.1) is 11.7 Å². The van der Waals surface area contributed by atoms with Gasteiger partial charge in [0.15, 0.2) is 0 Å². The van der Waals surface area contributed by atoms with Gasteiger partial charge in [0.1, 0.15) is 5.69 Å². The number of hydrogen-bond acceptors (Lipinski definition) is 4. The van der Waals surface area contributed by atoms with Crippen LogP contribution < -0.4 is 10.2 Å². The number of amides is 1. The summed E-state index contributed by atoms with van der Waals surface area (Å²) in [5.74, 6) is -0.288. The van der Waals surface area contributed by atoms with E-state index in [2.05, 4.69) is 15.4 Å². The predicted octanol–water partition coefficient (Wildman–Crippen LogP) is 0.969. The molecule has 0 aromatic carbocycles. The fourth-order valence-electron chi connectivity index (χ4n) is 1.79. The molecule has 0 saturated heterocycles. The van der Waals surface area contributed by atoms with Crippen LogP contribution in [0.4, 0.5) is 0 Å². The second-order valence-corrected chi connectivity index (χ2v) is 4.94. The molecule has 2 heterocycles. The number of H-pyrrole nitrogens is 1. The Morgan fingerprint density at radius 3 is 2.83 bits per heavy atom. The van der Waals surface area contributed by atoms with E-state index in [-0.39, 0.29) is 16.8 Å². The van der Waals surface area contributed by atoms with E-state index in [1.807, 2.05) is 27.1 Å². The van der Waals surface area contributed by atoms with Crippen LogP contribution in [-0.2, 0) is 7.05 Å². The van der Waals surface area contributed by atoms with Gasteiger partial charge in [-0.2, -0.15) is 5.10 Å². The Labute approximate surface area is 108 Å². The Morgan fingerprint density at radius 2 is 2.33 bits per heavy atom. The summed E-state index contributed by atoms with van der Waals surface area (Å²) in [4.78, 5) is 25.1. The lowest BCUT2D eigenvalue weighted by molar-refractivity contribution is 0.0935. The van der Waals surface area contributed by atoms with Crippen LogP contribution in [0.15, 0.2) is 16.4 Å². The number of aromatic amines is 1. The maximum atomic E-state index is 11.9. The van der Waals surface area contributed by atoms with Crippen LogP contribution in [0.5, 0.6) is 0 Å². The molecule has 0 radical (unpaired) electrons. The van der Waals surface area contributed by atoms with Crippen LogP contribution >= 0.6 is 11.3 Å². The summed E-state index contributed by atoms with van der Waals surface area (Å²) in [7, 11) is 1.83. The molecule has 0 aliphatic carbocycles. The quantitative estimate of drug-likeness (QED) is 0.868. The number of aryl methyl sites for hydroxylation is 2. The van der Waals surface area contributed by atoms with Gasteiger partial charge in [0, 0.05) is 24.2 Å². The van der Waals surface area contributed by atoms with Gasteiger partial charge in [-0.25, -0.2) is 0 Å². The van der Waals surface area contributed by atoms with E-state index in [0.717, 1.165) is 22.6 Å². The fraction of sp³-hybridized carbons (Fsp3) is 0.364. The Kier molecular flexibility index (Phi) is 3.33. The monoisotopic (exact) mass is 266 g/mol. The second-order valence-electron chi connectivity index (χ2n) is 4.10. The highest BCUT2D eigenvalue weighted by atomic mass is 32.1. The maximum Gasteiger partial charge on any atom is 0.305 e. The van der Waals surface area contributed by atoms with Gasteiger partial charge in [-0.3, -0.25) is 14.3 Å². The molecule has 2 N–H and O–H groups in total.